The highest BCUT2D eigenvalue weighted by atomic mass is 32.1. The van der Waals surface area contributed by atoms with Crippen LogP contribution in [0.25, 0.3) is 119 Å². The van der Waals surface area contributed by atoms with Crippen LogP contribution in [0, 0.1) is 0 Å². The third kappa shape index (κ3) is 5.41. The maximum Gasteiger partial charge on any atom is 0.164 e. The van der Waals surface area contributed by atoms with Crippen LogP contribution in [-0.4, -0.2) is 19.9 Å². The first-order chi connectivity index (χ1) is 28.7. The van der Waals surface area contributed by atoms with Gasteiger partial charge in [0.15, 0.2) is 17.5 Å². The molecule has 0 saturated heterocycles. The first-order valence-corrected chi connectivity index (χ1v) is 20.9. The SMILES string of the molecule is c1ccc(-c2nc(-c3cccc(-c4ccc5sc6c(ccc7c(-c8ccccc8)nc8ccccc8c76)c5c4)c3)nc(-c3ccc4c(c3)sc3ccccc34)n2)cc1. The van der Waals surface area contributed by atoms with Crippen LogP contribution in [0.5, 0.6) is 0 Å². The number of para-hydroxylation sites is 1. The molecule has 4 nitrogen and oxygen atoms in total. The summed E-state index contributed by atoms with van der Waals surface area (Å²) in [5.41, 5.74) is 8.26. The summed E-state index contributed by atoms with van der Waals surface area (Å²) in [6.07, 6.45) is 0. The van der Waals surface area contributed by atoms with E-state index in [-0.39, 0.29) is 0 Å². The van der Waals surface area contributed by atoms with E-state index in [1.54, 1.807) is 11.3 Å². The second-order valence-corrected chi connectivity index (χ2v) is 16.7. The van der Waals surface area contributed by atoms with Gasteiger partial charge in [-0.3, -0.25) is 0 Å². The molecule has 270 valence electrons. The maximum atomic E-state index is 5.18. The Bertz CT molecular complexity index is 3570. The van der Waals surface area contributed by atoms with E-state index in [0.29, 0.717) is 17.5 Å². The highest BCUT2D eigenvalue weighted by molar-refractivity contribution is 7.27. The Kier molecular flexibility index (Phi) is 7.55. The number of thiophene rings is 2. The number of benzene rings is 8. The Labute approximate surface area is 341 Å². The van der Waals surface area contributed by atoms with Gasteiger partial charge in [0.25, 0.3) is 0 Å². The van der Waals surface area contributed by atoms with Gasteiger partial charge >= 0.3 is 0 Å². The summed E-state index contributed by atoms with van der Waals surface area (Å²) in [7, 11) is 0. The Balaban J connectivity index is 0.992. The van der Waals surface area contributed by atoms with Crippen molar-refractivity contribution < 1.29 is 0 Å². The van der Waals surface area contributed by atoms with E-state index in [9.17, 15) is 0 Å². The number of rotatable bonds is 5. The van der Waals surface area contributed by atoms with Crippen molar-refractivity contribution in [2.45, 2.75) is 0 Å². The zero-order chi connectivity index (χ0) is 38.2. The topological polar surface area (TPSA) is 51.6 Å². The normalized spacial score (nSPS) is 11.8. The van der Waals surface area contributed by atoms with E-state index >= 15 is 0 Å². The lowest BCUT2D eigenvalue weighted by atomic mass is 9.97. The molecule has 12 rings (SSSR count). The molecule has 4 heterocycles. The molecular formula is C52H30N4S2. The largest absolute Gasteiger partial charge is 0.247 e. The van der Waals surface area contributed by atoms with Gasteiger partial charge in [-0.15, -0.1) is 22.7 Å². The predicted octanol–water partition coefficient (Wildman–Crippen LogP) is 14.6. The van der Waals surface area contributed by atoms with E-state index in [0.717, 1.165) is 44.6 Å². The maximum absolute atomic E-state index is 5.18. The summed E-state index contributed by atoms with van der Waals surface area (Å²) in [6.45, 7) is 0. The molecule has 0 aliphatic carbocycles. The molecule has 0 fully saturated rings. The van der Waals surface area contributed by atoms with E-state index < -0.39 is 0 Å². The average Bonchev–Trinajstić information content (AvgIpc) is 3.87. The van der Waals surface area contributed by atoms with E-state index in [4.69, 9.17) is 19.9 Å². The minimum atomic E-state index is 0.644. The predicted molar refractivity (Wildman–Crippen MR) is 246 cm³/mol. The summed E-state index contributed by atoms with van der Waals surface area (Å²) in [6, 6.07) is 64.3. The fourth-order valence-corrected chi connectivity index (χ4v) is 10.7. The van der Waals surface area contributed by atoms with Crippen LogP contribution in [0.15, 0.2) is 182 Å². The van der Waals surface area contributed by atoms with Gasteiger partial charge in [0.05, 0.1) is 11.2 Å². The smallest absolute Gasteiger partial charge is 0.164 e. The van der Waals surface area contributed by atoms with Crippen LogP contribution >= 0.6 is 22.7 Å². The van der Waals surface area contributed by atoms with Crippen molar-refractivity contribution in [3.63, 3.8) is 0 Å². The van der Waals surface area contributed by atoms with Crippen molar-refractivity contribution in [2.75, 3.05) is 0 Å². The molecule has 0 spiro atoms. The van der Waals surface area contributed by atoms with Crippen LogP contribution in [-0.2, 0) is 0 Å². The molecule has 0 bridgehead atoms. The summed E-state index contributed by atoms with van der Waals surface area (Å²) < 4.78 is 5.04. The molecule has 12 aromatic rings. The van der Waals surface area contributed by atoms with Crippen LogP contribution in [0.4, 0.5) is 0 Å². The van der Waals surface area contributed by atoms with Crippen LogP contribution in [0.2, 0.25) is 0 Å². The highest BCUT2D eigenvalue weighted by Crippen LogP contribution is 2.44. The molecule has 8 aromatic carbocycles. The molecule has 0 aliphatic heterocycles. The third-order valence-electron chi connectivity index (χ3n) is 11.1. The standard InChI is InChI=1S/C52H30N4S2/c1-3-12-31(13-4-1)48-41-26-25-39-42-29-34(23-27-45(42)58-49(39)47(41)40-19-7-9-20-43(40)53-48)33-16-11-17-35(28-33)51-54-50(32-14-5-2-6-15-32)55-52(56-51)36-22-24-38-37-18-8-10-21-44(37)57-46(38)30-36/h1-30H. The molecule has 0 aliphatic rings. The van der Waals surface area contributed by atoms with Gasteiger partial charge in [-0.05, 0) is 47.5 Å². The number of nitrogens with zero attached hydrogens (tertiary/aromatic N) is 4. The summed E-state index contributed by atoms with van der Waals surface area (Å²) >= 11 is 3.66. The molecule has 0 saturated carbocycles. The average molecular weight is 775 g/mol. The summed E-state index contributed by atoms with van der Waals surface area (Å²) in [5, 5.41) is 8.64. The van der Waals surface area contributed by atoms with Crippen molar-refractivity contribution in [3.8, 4) is 56.5 Å². The first kappa shape index (κ1) is 33.1. The van der Waals surface area contributed by atoms with E-state index in [2.05, 4.69) is 164 Å². The Morgan fingerprint density at radius 1 is 0.293 bits per heavy atom. The number of pyridine rings is 1. The van der Waals surface area contributed by atoms with Crippen LogP contribution in [0.3, 0.4) is 0 Å². The van der Waals surface area contributed by atoms with Crippen molar-refractivity contribution in [1.29, 1.82) is 0 Å². The van der Waals surface area contributed by atoms with Crippen molar-refractivity contribution in [1.82, 2.24) is 19.9 Å². The fraction of sp³-hybridized carbons (Fsp3) is 0. The quantitative estimate of drug-likeness (QED) is 0.163. The second-order valence-electron chi connectivity index (χ2n) is 14.6. The Hall–Kier alpha value is -7.12. The van der Waals surface area contributed by atoms with Crippen LogP contribution < -0.4 is 0 Å². The molecule has 0 atom stereocenters. The van der Waals surface area contributed by atoms with Gasteiger partial charge in [0.2, 0.25) is 0 Å². The van der Waals surface area contributed by atoms with E-state index in [1.807, 2.05) is 29.5 Å². The number of hydrogen-bond acceptors (Lipinski definition) is 6. The van der Waals surface area contributed by atoms with Gasteiger partial charge in [-0.1, -0.05) is 146 Å². The third-order valence-corrected chi connectivity index (χ3v) is 13.4. The lowest BCUT2D eigenvalue weighted by Gasteiger charge is -2.11. The lowest BCUT2D eigenvalue weighted by molar-refractivity contribution is 1.07. The lowest BCUT2D eigenvalue weighted by Crippen LogP contribution is -2.00. The van der Waals surface area contributed by atoms with Crippen molar-refractivity contribution in [3.05, 3.63) is 182 Å². The van der Waals surface area contributed by atoms with Gasteiger partial charge in [-0.2, -0.15) is 0 Å². The molecule has 4 aromatic heterocycles. The number of hydrogen-bond donors (Lipinski definition) is 0. The van der Waals surface area contributed by atoms with Gasteiger partial charge < -0.3 is 0 Å². The molecule has 58 heavy (non-hydrogen) atoms. The molecule has 0 N–H and O–H groups in total. The van der Waals surface area contributed by atoms with Gasteiger partial charge in [-0.25, -0.2) is 19.9 Å². The molecule has 6 heteroatoms. The highest BCUT2D eigenvalue weighted by Gasteiger charge is 2.18. The Morgan fingerprint density at radius 3 is 1.69 bits per heavy atom. The first-order valence-electron chi connectivity index (χ1n) is 19.3. The molecule has 0 radical (unpaired) electrons. The zero-order valence-corrected chi connectivity index (χ0v) is 32.6. The zero-order valence-electron chi connectivity index (χ0n) is 30.9. The van der Waals surface area contributed by atoms with Crippen molar-refractivity contribution in [2.24, 2.45) is 0 Å². The number of aromatic nitrogens is 4. The molecule has 0 amide bonds. The summed E-state index contributed by atoms with van der Waals surface area (Å²) in [5.74, 6) is 1.95. The van der Waals surface area contributed by atoms with E-state index in [1.165, 1.54) is 56.5 Å². The fourth-order valence-electron chi connectivity index (χ4n) is 8.32. The molecular weight excluding hydrogens is 745 g/mol. The number of fused-ring (bicyclic) bond motifs is 10. The van der Waals surface area contributed by atoms with Crippen LogP contribution in [0.1, 0.15) is 0 Å². The monoisotopic (exact) mass is 774 g/mol. The second kappa shape index (κ2) is 13.2. The van der Waals surface area contributed by atoms with Gasteiger partial charge in [0, 0.05) is 78.8 Å². The summed E-state index contributed by atoms with van der Waals surface area (Å²) in [4.78, 5) is 20.4. The van der Waals surface area contributed by atoms with Crippen molar-refractivity contribution >= 4 is 84.7 Å². The molecule has 0 unspecified atom stereocenters. The minimum absolute atomic E-state index is 0.644. The minimum Gasteiger partial charge on any atom is -0.247 e. The van der Waals surface area contributed by atoms with Gasteiger partial charge in [0.1, 0.15) is 0 Å². The Morgan fingerprint density at radius 2 is 0.862 bits per heavy atom.